The quantitative estimate of drug-likeness (QED) is 0.467. The van der Waals surface area contributed by atoms with E-state index in [9.17, 15) is 0 Å². The van der Waals surface area contributed by atoms with Gasteiger partial charge in [-0.3, -0.25) is 0 Å². The fourth-order valence-corrected chi connectivity index (χ4v) is 2.48. The van der Waals surface area contributed by atoms with Gasteiger partial charge in [0.25, 0.3) is 0 Å². The summed E-state index contributed by atoms with van der Waals surface area (Å²) in [4.78, 5) is 0. The minimum atomic E-state index is 0.781. The zero-order valence-electron chi connectivity index (χ0n) is 12.4. The molecule has 0 spiro atoms. The van der Waals surface area contributed by atoms with E-state index < -0.39 is 0 Å². The van der Waals surface area contributed by atoms with Crippen LogP contribution in [0, 0.1) is 11.8 Å². The molecular formula is C21H13NO. The van der Waals surface area contributed by atoms with Gasteiger partial charge in [-0.1, -0.05) is 65.5 Å². The summed E-state index contributed by atoms with van der Waals surface area (Å²) in [7, 11) is 0. The van der Waals surface area contributed by atoms with Crippen LogP contribution in [-0.2, 0) is 0 Å². The monoisotopic (exact) mass is 295 g/mol. The van der Waals surface area contributed by atoms with Gasteiger partial charge in [-0.2, -0.15) is 0 Å². The van der Waals surface area contributed by atoms with Crippen LogP contribution in [-0.4, -0.2) is 5.16 Å². The van der Waals surface area contributed by atoms with Gasteiger partial charge in [-0.05, 0) is 30.3 Å². The van der Waals surface area contributed by atoms with Crippen molar-refractivity contribution in [3.05, 3.63) is 90.0 Å². The Morgan fingerprint density at radius 3 is 2.17 bits per heavy atom. The Morgan fingerprint density at radius 1 is 0.696 bits per heavy atom. The lowest BCUT2D eigenvalue weighted by Gasteiger charge is -1.96. The van der Waals surface area contributed by atoms with Crippen LogP contribution in [0.5, 0.6) is 0 Å². The maximum Gasteiger partial charge on any atom is 0.174 e. The number of aromatic nitrogens is 1. The van der Waals surface area contributed by atoms with E-state index in [1.807, 2.05) is 78.9 Å². The molecule has 1 heterocycles. The highest BCUT2D eigenvalue weighted by Gasteiger charge is 2.10. The molecule has 0 saturated heterocycles. The van der Waals surface area contributed by atoms with Gasteiger partial charge in [0.05, 0.1) is 5.39 Å². The highest BCUT2D eigenvalue weighted by molar-refractivity contribution is 5.92. The van der Waals surface area contributed by atoms with Crippen LogP contribution < -0.4 is 0 Å². The third-order valence-electron chi connectivity index (χ3n) is 3.64. The molecule has 2 nitrogen and oxygen atoms in total. The molecule has 0 atom stereocenters. The van der Waals surface area contributed by atoms with Crippen molar-refractivity contribution in [2.75, 3.05) is 0 Å². The second-order valence-corrected chi connectivity index (χ2v) is 5.23. The fourth-order valence-electron chi connectivity index (χ4n) is 2.48. The molecule has 0 N–H and O–H groups in total. The largest absolute Gasteiger partial charge is 0.355 e. The number of hydrogen-bond acceptors (Lipinski definition) is 2. The van der Waals surface area contributed by atoms with Crippen molar-refractivity contribution < 1.29 is 4.52 Å². The highest BCUT2D eigenvalue weighted by Crippen LogP contribution is 2.28. The molecule has 1 aromatic heterocycles. The molecule has 0 unspecified atom stereocenters. The van der Waals surface area contributed by atoms with Gasteiger partial charge >= 0.3 is 0 Å². The van der Waals surface area contributed by atoms with Crippen LogP contribution in [0.3, 0.4) is 0 Å². The Morgan fingerprint density at radius 2 is 1.39 bits per heavy atom. The number of rotatable bonds is 1. The summed E-state index contributed by atoms with van der Waals surface area (Å²) in [6.07, 6.45) is 0. The predicted octanol–water partition coefficient (Wildman–Crippen LogP) is 4.89. The molecule has 0 aliphatic rings. The zero-order valence-corrected chi connectivity index (χ0v) is 12.4. The van der Waals surface area contributed by atoms with Gasteiger partial charge in [0.1, 0.15) is 5.52 Å². The van der Waals surface area contributed by atoms with Crippen LogP contribution in [0.2, 0.25) is 0 Å². The summed E-state index contributed by atoms with van der Waals surface area (Å²) in [6.45, 7) is 0. The van der Waals surface area contributed by atoms with Crippen molar-refractivity contribution in [1.29, 1.82) is 0 Å². The molecule has 0 aliphatic carbocycles. The van der Waals surface area contributed by atoms with Crippen molar-refractivity contribution in [2.24, 2.45) is 0 Å². The fraction of sp³-hybridized carbons (Fsp3) is 0. The van der Waals surface area contributed by atoms with Gasteiger partial charge in [0.15, 0.2) is 5.76 Å². The van der Waals surface area contributed by atoms with Gasteiger partial charge < -0.3 is 4.52 Å². The highest BCUT2D eigenvalue weighted by atomic mass is 16.5. The van der Waals surface area contributed by atoms with E-state index in [0.29, 0.717) is 0 Å². The van der Waals surface area contributed by atoms with Crippen LogP contribution in [0.25, 0.3) is 22.2 Å². The van der Waals surface area contributed by atoms with Gasteiger partial charge in [-0.25, -0.2) is 0 Å². The molecule has 4 aromatic rings. The van der Waals surface area contributed by atoms with Crippen molar-refractivity contribution in [3.63, 3.8) is 0 Å². The summed E-state index contributed by atoms with van der Waals surface area (Å²) in [5.74, 6) is 7.16. The van der Waals surface area contributed by atoms with Crippen LogP contribution in [0.4, 0.5) is 0 Å². The summed E-state index contributed by atoms with van der Waals surface area (Å²) >= 11 is 0. The molecule has 23 heavy (non-hydrogen) atoms. The van der Waals surface area contributed by atoms with Crippen LogP contribution in [0.15, 0.2) is 83.4 Å². The first-order chi connectivity index (χ1) is 11.4. The van der Waals surface area contributed by atoms with Crippen molar-refractivity contribution in [2.45, 2.75) is 0 Å². The SMILES string of the molecule is C(#Cc1ccc2noc(-c3ccccc3)c2c1)c1ccccc1. The predicted molar refractivity (Wildman–Crippen MR) is 91.9 cm³/mol. The number of fused-ring (bicyclic) bond motifs is 1. The Bertz CT molecular complexity index is 1010. The topological polar surface area (TPSA) is 26.0 Å². The van der Waals surface area contributed by atoms with Crippen LogP contribution in [0.1, 0.15) is 11.1 Å². The lowest BCUT2D eigenvalue weighted by molar-refractivity contribution is 0.441. The lowest BCUT2D eigenvalue weighted by atomic mass is 10.1. The first kappa shape index (κ1) is 13.4. The summed E-state index contributed by atoms with van der Waals surface area (Å²) in [5.41, 5.74) is 3.81. The minimum Gasteiger partial charge on any atom is -0.355 e. The molecule has 2 heteroatoms. The average molecular weight is 295 g/mol. The van der Waals surface area contributed by atoms with E-state index >= 15 is 0 Å². The molecule has 3 aromatic carbocycles. The van der Waals surface area contributed by atoms with Gasteiger partial charge in [0.2, 0.25) is 0 Å². The maximum absolute atomic E-state index is 5.52. The molecular weight excluding hydrogens is 282 g/mol. The third-order valence-corrected chi connectivity index (χ3v) is 3.64. The summed E-state index contributed by atoms with van der Waals surface area (Å²) in [5, 5.41) is 5.11. The molecule has 4 rings (SSSR count). The van der Waals surface area contributed by atoms with E-state index in [-0.39, 0.29) is 0 Å². The number of nitrogens with zero attached hydrogens (tertiary/aromatic N) is 1. The van der Waals surface area contributed by atoms with E-state index in [2.05, 4.69) is 17.0 Å². The van der Waals surface area contributed by atoms with Gasteiger partial charge in [-0.15, -0.1) is 0 Å². The van der Waals surface area contributed by atoms with Crippen molar-refractivity contribution >= 4 is 10.9 Å². The Hall–Kier alpha value is -3.31. The van der Waals surface area contributed by atoms with E-state index in [4.69, 9.17) is 4.52 Å². The average Bonchev–Trinajstić information content (AvgIpc) is 3.05. The van der Waals surface area contributed by atoms with Crippen LogP contribution >= 0.6 is 0 Å². The number of hydrogen-bond donors (Lipinski definition) is 0. The summed E-state index contributed by atoms with van der Waals surface area (Å²) in [6, 6.07) is 25.9. The second-order valence-electron chi connectivity index (χ2n) is 5.23. The molecule has 0 aliphatic heterocycles. The molecule has 108 valence electrons. The van der Waals surface area contributed by atoms with Crippen molar-refractivity contribution in [3.8, 4) is 23.2 Å². The Kier molecular flexibility index (Phi) is 3.38. The Balaban J connectivity index is 1.78. The van der Waals surface area contributed by atoms with E-state index in [1.165, 1.54) is 0 Å². The van der Waals surface area contributed by atoms with E-state index in [1.54, 1.807) is 0 Å². The zero-order chi connectivity index (χ0) is 15.5. The minimum absolute atomic E-state index is 0.781. The van der Waals surface area contributed by atoms with E-state index in [0.717, 1.165) is 33.4 Å². The first-order valence-corrected chi connectivity index (χ1v) is 7.42. The molecule has 0 saturated carbocycles. The smallest absolute Gasteiger partial charge is 0.174 e. The second kappa shape index (κ2) is 5.82. The van der Waals surface area contributed by atoms with Crippen molar-refractivity contribution in [1.82, 2.24) is 5.16 Å². The summed E-state index contributed by atoms with van der Waals surface area (Å²) < 4.78 is 5.52. The van der Waals surface area contributed by atoms with Gasteiger partial charge in [0, 0.05) is 16.7 Å². The first-order valence-electron chi connectivity index (χ1n) is 7.42. The Labute approximate surface area is 134 Å². The lowest BCUT2D eigenvalue weighted by Crippen LogP contribution is -1.78. The molecule has 0 fully saturated rings. The maximum atomic E-state index is 5.52. The normalized spacial score (nSPS) is 10.3. The molecule has 0 radical (unpaired) electrons. The molecule has 0 amide bonds. The number of benzene rings is 3. The third kappa shape index (κ3) is 2.73. The standard InChI is InChI=1S/C21H13NO/c1-3-7-16(8-4-1)11-12-17-13-14-20-19(15-17)21(23-22-20)18-9-5-2-6-10-18/h1-10,13-15H. The molecule has 0 bridgehead atoms.